The number of aryl methyl sites for hydroxylation is 1. The third kappa shape index (κ3) is 3.91. The van der Waals surface area contributed by atoms with Gasteiger partial charge in [-0.25, -0.2) is 4.98 Å². The van der Waals surface area contributed by atoms with E-state index in [9.17, 15) is 9.59 Å². The fourth-order valence-corrected chi connectivity index (χ4v) is 1.64. The normalized spacial score (nSPS) is 9.85. The van der Waals surface area contributed by atoms with Crippen molar-refractivity contribution in [3.63, 3.8) is 0 Å². The van der Waals surface area contributed by atoms with Gasteiger partial charge in [0.15, 0.2) is 0 Å². The van der Waals surface area contributed by atoms with Gasteiger partial charge in [-0.05, 0) is 30.2 Å². The minimum absolute atomic E-state index is 0.314. The summed E-state index contributed by atoms with van der Waals surface area (Å²) in [4.78, 5) is 27.3. The molecule has 1 heterocycles. The maximum Gasteiger partial charge on any atom is 0.314 e. The summed E-state index contributed by atoms with van der Waals surface area (Å²) < 4.78 is 0. The fraction of sp³-hybridized carbons (Fsp3) is 0.133. The van der Waals surface area contributed by atoms with Crippen LogP contribution in [-0.2, 0) is 16.1 Å². The molecule has 0 aliphatic carbocycles. The van der Waals surface area contributed by atoms with Gasteiger partial charge in [0.1, 0.15) is 5.82 Å². The van der Waals surface area contributed by atoms with E-state index in [4.69, 9.17) is 0 Å². The average Bonchev–Trinajstić information content (AvgIpc) is 2.46. The van der Waals surface area contributed by atoms with Gasteiger partial charge in [-0.2, -0.15) is 0 Å². The van der Waals surface area contributed by atoms with Crippen LogP contribution in [0.25, 0.3) is 0 Å². The molecule has 0 atom stereocenters. The second-order valence-electron chi connectivity index (χ2n) is 4.34. The van der Waals surface area contributed by atoms with E-state index in [0.29, 0.717) is 12.4 Å². The Labute approximate surface area is 117 Å². The highest BCUT2D eigenvalue weighted by molar-refractivity contribution is 6.39. The van der Waals surface area contributed by atoms with Crippen LogP contribution in [-0.4, -0.2) is 16.8 Å². The van der Waals surface area contributed by atoms with E-state index < -0.39 is 11.8 Å². The minimum atomic E-state index is -0.723. The molecule has 0 fully saturated rings. The molecule has 1 aromatic heterocycles. The molecule has 0 saturated carbocycles. The topological polar surface area (TPSA) is 71.1 Å². The van der Waals surface area contributed by atoms with Crippen LogP contribution in [0.15, 0.2) is 48.7 Å². The van der Waals surface area contributed by atoms with Gasteiger partial charge < -0.3 is 10.6 Å². The number of carbonyl (C=O) groups is 2. The number of benzene rings is 1. The SMILES string of the molecule is Cc1ccnc(NC(=O)C(=O)NCc2ccccc2)c1. The van der Waals surface area contributed by atoms with Crippen molar-refractivity contribution in [3.8, 4) is 0 Å². The summed E-state index contributed by atoms with van der Waals surface area (Å²) in [5, 5.41) is 5.01. The number of amides is 2. The molecule has 0 spiro atoms. The number of pyridine rings is 1. The Morgan fingerprint density at radius 3 is 2.55 bits per heavy atom. The maximum absolute atomic E-state index is 11.7. The molecule has 0 bridgehead atoms. The molecule has 2 amide bonds. The van der Waals surface area contributed by atoms with Crippen LogP contribution in [0.2, 0.25) is 0 Å². The predicted molar refractivity (Wildman–Crippen MR) is 75.9 cm³/mol. The van der Waals surface area contributed by atoms with Crippen molar-refractivity contribution >= 4 is 17.6 Å². The molecule has 20 heavy (non-hydrogen) atoms. The van der Waals surface area contributed by atoms with Crippen molar-refractivity contribution in [2.24, 2.45) is 0 Å². The molecule has 2 N–H and O–H groups in total. The van der Waals surface area contributed by atoms with Crippen molar-refractivity contribution in [3.05, 3.63) is 59.8 Å². The van der Waals surface area contributed by atoms with Crippen molar-refractivity contribution in [1.82, 2.24) is 10.3 Å². The largest absolute Gasteiger partial charge is 0.344 e. The first kappa shape index (κ1) is 13.7. The maximum atomic E-state index is 11.7. The van der Waals surface area contributed by atoms with Gasteiger partial charge in [0.25, 0.3) is 0 Å². The van der Waals surface area contributed by atoms with Crippen molar-refractivity contribution < 1.29 is 9.59 Å². The highest BCUT2D eigenvalue weighted by Crippen LogP contribution is 2.05. The van der Waals surface area contributed by atoms with E-state index in [0.717, 1.165) is 11.1 Å². The van der Waals surface area contributed by atoms with E-state index in [1.54, 1.807) is 12.3 Å². The number of nitrogens with zero attached hydrogens (tertiary/aromatic N) is 1. The lowest BCUT2D eigenvalue weighted by molar-refractivity contribution is -0.136. The molecule has 2 aromatic rings. The fourth-order valence-electron chi connectivity index (χ4n) is 1.64. The van der Waals surface area contributed by atoms with Crippen molar-refractivity contribution in [2.75, 3.05) is 5.32 Å². The monoisotopic (exact) mass is 269 g/mol. The van der Waals surface area contributed by atoms with Crippen LogP contribution < -0.4 is 10.6 Å². The molecule has 5 heteroatoms. The summed E-state index contributed by atoms with van der Waals surface area (Å²) >= 11 is 0. The van der Waals surface area contributed by atoms with Crippen molar-refractivity contribution in [2.45, 2.75) is 13.5 Å². The second-order valence-corrected chi connectivity index (χ2v) is 4.34. The van der Waals surface area contributed by atoms with Gasteiger partial charge >= 0.3 is 11.8 Å². The molecule has 102 valence electrons. The highest BCUT2D eigenvalue weighted by Gasteiger charge is 2.13. The molecule has 0 aliphatic heterocycles. The number of aromatic nitrogens is 1. The van der Waals surface area contributed by atoms with Gasteiger partial charge in [-0.1, -0.05) is 30.3 Å². The molecule has 0 aliphatic rings. The Morgan fingerprint density at radius 1 is 1.10 bits per heavy atom. The predicted octanol–water partition coefficient (Wildman–Crippen LogP) is 1.64. The summed E-state index contributed by atoms with van der Waals surface area (Å²) in [6, 6.07) is 12.9. The van der Waals surface area contributed by atoms with E-state index in [1.165, 1.54) is 0 Å². The minimum Gasteiger partial charge on any atom is -0.344 e. The standard InChI is InChI=1S/C15H15N3O2/c1-11-7-8-16-13(9-11)18-15(20)14(19)17-10-12-5-3-2-4-6-12/h2-9H,10H2,1H3,(H,17,19)(H,16,18,20). The van der Waals surface area contributed by atoms with Crippen LogP contribution in [0, 0.1) is 6.92 Å². The number of hydrogen-bond donors (Lipinski definition) is 2. The number of anilines is 1. The number of carbonyl (C=O) groups excluding carboxylic acids is 2. The van der Waals surface area contributed by atoms with Crippen LogP contribution in [0.5, 0.6) is 0 Å². The van der Waals surface area contributed by atoms with Crippen LogP contribution in [0.1, 0.15) is 11.1 Å². The zero-order chi connectivity index (χ0) is 14.4. The van der Waals surface area contributed by atoms with Crippen LogP contribution in [0.4, 0.5) is 5.82 Å². The van der Waals surface area contributed by atoms with Gasteiger partial charge in [0.05, 0.1) is 0 Å². The Morgan fingerprint density at radius 2 is 1.85 bits per heavy atom. The molecule has 2 rings (SSSR count). The molecule has 1 aromatic carbocycles. The lowest BCUT2D eigenvalue weighted by Gasteiger charge is -2.06. The van der Waals surface area contributed by atoms with E-state index >= 15 is 0 Å². The first-order valence-corrected chi connectivity index (χ1v) is 6.21. The Balaban J connectivity index is 1.88. The molecular weight excluding hydrogens is 254 g/mol. The molecule has 0 saturated heterocycles. The van der Waals surface area contributed by atoms with Crippen molar-refractivity contribution in [1.29, 1.82) is 0 Å². The lowest BCUT2D eigenvalue weighted by Crippen LogP contribution is -2.35. The third-order valence-corrected chi connectivity index (χ3v) is 2.66. The molecular formula is C15H15N3O2. The van der Waals surface area contributed by atoms with Crippen LogP contribution >= 0.6 is 0 Å². The molecule has 0 radical (unpaired) electrons. The summed E-state index contributed by atoms with van der Waals surface area (Å²) in [6.45, 7) is 2.20. The smallest absolute Gasteiger partial charge is 0.314 e. The Bertz CT molecular complexity index is 612. The zero-order valence-electron chi connectivity index (χ0n) is 11.1. The summed E-state index contributed by atoms with van der Waals surface area (Å²) in [6.07, 6.45) is 1.58. The van der Waals surface area contributed by atoms with E-state index in [2.05, 4.69) is 15.6 Å². The van der Waals surface area contributed by atoms with E-state index in [1.807, 2.05) is 43.3 Å². The first-order valence-electron chi connectivity index (χ1n) is 6.21. The second kappa shape index (κ2) is 6.47. The third-order valence-electron chi connectivity index (χ3n) is 2.66. The quantitative estimate of drug-likeness (QED) is 0.832. The lowest BCUT2D eigenvalue weighted by atomic mass is 10.2. The zero-order valence-corrected chi connectivity index (χ0v) is 11.1. The number of nitrogens with one attached hydrogen (secondary N) is 2. The summed E-state index contributed by atoms with van der Waals surface area (Å²) in [5.74, 6) is -1.04. The average molecular weight is 269 g/mol. The Kier molecular flexibility index (Phi) is 4.44. The van der Waals surface area contributed by atoms with Gasteiger partial charge in [0, 0.05) is 12.7 Å². The van der Waals surface area contributed by atoms with E-state index in [-0.39, 0.29) is 0 Å². The Hall–Kier alpha value is -2.69. The molecule has 5 nitrogen and oxygen atoms in total. The summed E-state index contributed by atoms with van der Waals surface area (Å²) in [7, 11) is 0. The highest BCUT2D eigenvalue weighted by atomic mass is 16.2. The number of rotatable bonds is 3. The van der Waals surface area contributed by atoms with Gasteiger partial charge in [0.2, 0.25) is 0 Å². The first-order chi connectivity index (χ1) is 9.65. The van der Waals surface area contributed by atoms with Gasteiger partial charge in [-0.15, -0.1) is 0 Å². The molecule has 0 unspecified atom stereocenters. The van der Waals surface area contributed by atoms with Crippen LogP contribution in [0.3, 0.4) is 0 Å². The summed E-state index contributed by atoms with van der Waals surface area (Å²) in [5.41, 5.74) is 1.89. The van der Waals surface area contributed by atoms with Gasteiger partial charge in [-0.3, -0.25) is 9.59 Å². The number of hydrogen-bond acceptors (Lipinski definition) is 3.